The summed E-state index contributed by atoms with van der Waals surface area (Å²) >= 11 is 0. The third kappa shape index (κ3) is 1.45. The smallest absolute Gasteiger partial charge is 0.0930 e. The molecule has 0 N–H and O–H groups in total. The predicted molar refractivity (Wildman–Crippen MR) is 36.7 cm³/mol. The molecule has 0 aromatic heterocycles. The molecule has 1 rings (SSSR count). The van der Waals surface area contributed by atoms with Crippen molar-refractivity contribution < 1.29 is 5.11 Å². The van der Waals surface area contributed by atoms with Gasteiger partial charge in [-0.2, -0.15) is 0 Å². The molecule has 0 bridgehead atoms. The van der Waals surface area contributed by atoms with Crippen molar-refractivity contribution in [3.63, 3.8) is 0 Å². The summed E-state index contributed by atoms with van der Waals surface area (Å²) in [5.74, 6) is 1.18. The number of hydrogen-bond acceptors (Lipinski definition) is 0. The molecule has 1 aliphatic rings. The van der Waals surface area contributed by atoms with Crippen LogP contribution in [0.1, 0.15) is 33.1 Å². The average molecular weight is 127 g/mol. The van der Waals surface area contributed by atoms with E-state index in [0.717, 1.165) is 5.92 Å². The van der Waals surface area contributed by atoms with Crippen molar-refractivity contribution >= 4 is 0 Å². The summed E-state index contributed by atoms with van der Waals surface area (Å²) in [5.41, 5.74) is 0. The predicted octanol–water partition coefficient (Wildman–Crippen LogP) is 2.24. The Balaban J connectivity index is 2.23. The highest BCUT2D eigenvalue weighted by atomic mass is 16.3. The van der Waals surface area contributed by atoms with E-state index < -0.39 is 0 Å². The fourth-order valence-corrected chi connectivity index (χ4v) is 1.35. The van der Waals surface area contributed by atoms with Gasteiger partial charge in [0.05, 0.1) is 6.10 Å². The van der Waals surface area contributed by atoms with Crippen LogP contribution < -0.4 is 0 Å². The summed E-state index contributed by atoms with van der Waals surface area (Å²) < 4.78 is 0. The topological polar surface area (TPSA) is 19.9 Å². The first-order valence-corrected chi connectivity index (χ1v) is 3.87. The lowest BCUT2D eigenvalue weighted by Crippen LogP contribution is -2.26. The first-order valence-electron chi connectivity index (χ1n) is 3.87. The maximum Gasteiger partial charge on any atom is 0.0930 e. The van der Waals surface area contributed by atoms with Gasteiger partial charge in [-0.1, -0.05) is 26.2 Å². The molecule has 2 unspecified atom stereocenters. The van der Waals surface area contributed by atoms with Crippen LogP contribution in [0.5, 0.6) is 0 Å². The van der Waals surface area contributed by atoms with Crippen molar-refractivity contribution in [2.24, 2.45) is 11.8 Å². The lowest BCUT2D eigenvalue weighted by molar-refractivity contribution is 0.0148. The van der Waals surface area contributed by atoms with Crippen LogP contribution in [0.25, 0.3) is 0 Å². The van der Waals surface area contributed by atoms with Crippen LogP contribution >= 0.6 is 0 Å². The Morgan fingerprint density at radius 2 is 1.89 bits per heavy atom. The van der Waals surface area contributed by atoms with Crippen LogP contribution in [-0.2, 0) is 5.11 Å². The molecule has 0 aliphatic heterocycles. The summed E-state index contributed by atoms with van der Waals surface area (Å²) in [4.78, 5) is 0. The maximum absolute atomic E-state index is 10.9. The third-order valence-electron chi connectivity index (χ3n) is 2.63. The van der Waals surface area contributed by atoms with E-state index in [2.05, 4.69) is 6.92 Å². The summed E-state index contributed by atoms with van der Waals surface area (Å²) in [5, 5.41) is 10.9. The molecule has 0 saturated heterocycles. The molecule has 53 valence electrons. The quantitative estimate of drug-likeness (QED) is 0.542. The molecule has 1 nitrogen and oxygen atoms in total. The van der Waals surface area contributed by atoms with E-state index in [9.17, 15) is 5.11 Å². The highest BCUT2D eigenvalue weighted by molar-refractivity contribution is 4.77. The van der Waals surface area contributed by atoms with Gasteiger partial charge in [-0.15, -0.1) is 0 Å². The van der Waals surface area contributed by atoms with Crippen LogP contribution in [0, 0.1) is 11.8 Å². The first kappa shape index (κ1) is 7.07. The molecular formula is C8H15O. The van der Waals surface area contributed by atoms with E-state index in [1.165, 1.54) is 19.3 Å². The molecule has 1 saturated carbocycles. The molecule has 0 aromatic carbocycles. The minimum atomic E-state index is -0.352. The Morgan fingerprint density at radius 1 is 1.33 bits per heavy atom. The highest BCUT2D eigenvalue weighted by Gasteiger charge is 2.27. The third-order valence-corrected chi connectivity index (χ3v) is 2.63. The Hall–Kier alpha value is -0.0400. The van der Waals surface area contributed by atoms with Gasteiger partial charge in [-0.25, -0.2) is 5.11 Å². The second-order valence-electron chi connectivity index (χ2n) is 3.26. The molecule has 0 heterocycles. The number of rotatable bonds is 2. The monoisotopic (exact) mass is 127 g/mol. The van der Waals surface area contributed by atoms with Crippen molar-refractivity contribution in [1.29, 1.82) is 0 Å². The summed E-state index contributed by atoms with van der Waals surface area (Å²) in [7, 11) is 0. The molecule has 0 aromatic rings. The molecule has 1 fully saturated rings. The van der Waals surface area contributed by atoms with Crippen molar-refractivity contribution in [3.8, 4) is 0 Å². The fraction of sp³-hybridized carbons (Fsp3) is 1.00. The number of hydrogen-bond donors (Lipinski definition) is 0. The Morgan fingerprint density at radius 3 is 2.00 bits per heavy atom. The Labute approximate surface area is 57.1 Å². The van der Waals surface area contributed by atoms with Gasteiger partial charge in [-0.3, -0.25) is 0 Å². The molecule has 0 spiro atoms. The zero-order chi connectivity index (χ0) is 6.85. The molecule has 9 heavy (non-hydrogen) atoms. The standard InChI is InChI=1S/C8H15O/c1-6(7(2)9)8-4-3-5-8/h6-8H,3-5H2,1-2H3. The summed E-state index contributed by atoms with van der Waals surface area (Å²) in [6.07, 6.45) is 3.60. The lowest BCUT2D eigenvalue weighted by Gasteiger charge is -2.32. The van der Waals surface area contributed by atoms with E-state index in [0.29, 0.717) is 5.92 Å². The second-order valence-corrected chi connectivity index (χ2v) is 3.26. The van der Waals surface area contributed by atoms with Gasteiger partial charge in [0.1, 0.15) is 0 Å². The molecule has 1 heteroatoms. The van der Waals surface area contributed by atoms with E-state index in [4.69, 9.17) is 0 Å². The molecule has 1 radical (unpaired) electrons. The zero-order valence-electron chi connectivity index (χ0n) is 6.26. The van der Waals surface area contributed by atoms with Crippen molar-refractivity contribution in [2.45, 2.75) is 39.2 Å². The van der Waals surface area contributed by atoms with Crippen molar-refractivity contribution in [2.75, 3.05) is 0 Å². The molecule has 2 atom stereocenters. The molecule has 1 aliphatic carbocycles. The molecule has 0 amide bonds. The maximum atomic E-state index is 10.9. The Kier molecular flexibility index (Phi) is 2.12. The Bertz CT molecular complexity index is 84.6. The molecular weight excluding hydrogens is 112 g/mol. The van der Waals surface area contributed by atoms with Gasteiger partial charge in [0.15, 0.2) is 0 Å². The SMILES string of the molecule is CC([O])C(C)C1CCC1. The van der Waals surface area contributed by atoms with Gasteiger partial charge in [0.2, 0.25) is 0 Å². The lowest BCUT2D eigenvalue weighted by atomic mass is 9.75. The van der Waals surface area contributed by atoms with Crippen molar-refractivity contribution in [3.05, 3.63) is 0 Å². The van der Waals surface area contributed by atoms with Gasteiger partial charge >= 0.3 is 0 Å². The van der Waals surface area contributed by atoms with E-state index in [-0.39, 0.29) is 6.10 Å². The van der Waals surface area contributed by atoms with Crippen LogP contribution in [0.2, 0.25) is 0 Å². The van der Waals surface area contributed by atoms with Crippen LogP contribution in [0.15, 0.2) is 0 Å². The fourth-order valence-electron chi connectivity index (χ4n) is 1.35. The largest absolute Gasteiger partial charge is 0.233 e. The van der Waals surface area contributed by atoms with Gasteiger partial charge in [-0.05, 0) is 18.8 Å². The van der Waals surface area contributed by atoms with Crippen LogP contribution in [0.3, 0.4) is 0 Å². The zero-order valence-corrected chi connectivity index (χ0v) is 6.26. The average Bonchev–Trinajstić information content (AvgIpc) is 1.60. The first-order chi connectivity index (χ1) is 4.22. The van der Waals surface area contributed by atoms with E-state index in [1.54, 1.807) is 6.92 Å². The van der Waals surface area contributed by atoms with Gasteiger partial charge in [0, 0.05) is 0 Å². The van der Waals surface area contributed by atoms with Crippen LogP contribution in [-0.4, -0.2) is 6.10 Å². The normalized spacial score (nSPS) is 27.0. The summed E-state index contributed by atoms with van der Waals surface area (Å²) in [6, 6.07) is 0. The van der Waals surface area contributed by atoms with E-state index >= 15 is 0 Å². The van der Waals surface area contributed by atoms with Gasteiger partial charge < -0.3 is 0 Å². The van der Waals surface area contributed by atoms with E-state index in [1.807, 2.05) is 0 Å². The highest BCUT2D eigenvalue weighted by Crippen LogP contribution is 2.34. The minimum Gasteiger partial charge on any atom is -0.233 e. The van der Waals surface area contributed by atoms with Crippen molar-refractivity contribution in [1.82, 2.24) is 0 Å². The van der Waals surface area contributed by atoms with Gasteiger partial charge in [0.25, 0.3) is 0 Å². The van der Waals surface area contributed by atoms with Crippen LogP contribution in [0.4, 0.5) is 0 Å². The second kappa shape index (κ2) is 2.70. The minimum absolute atomic E-state index is 0.352. The summed E-state index contributed by atoms with van der Waals surface area (Å²) in [6.45, 7) is 3.87.